The molecule has 0 aliphatic carbocycles. The predicted molar refractivity (Wildman–Crippen MR) is 287 cm³/mol. The summed E-state index contributed by atoms with van der Waals surface area (Å²) in [6.07, 6.45) is 29.4. The Morgan fingerprint density at radius 2 is 0.625 bits per heavy atom. The Morgan fingerprint density at radius 1 is 0.361 bits per heavy atom. The highest BCUT2D eigenvalue weighted by Gasteiger charge is 2.11. The summed E-state index contributed by atoms with van der Waals surface area (Å²) in [5.74, 6) is 1.48. The van der Waals surface area contributed by atoms with Crippen molar-refractivity contribution in [3.8, 4) is 17.2 Å². The Hall–Kier alpha value is -5.43. The van der Waals surface area contributed by atoms with Gasteiger partial charge in [-0.1, -0.05) is 113 Å². The van der Waals surface area contributed by atoms with Gasteiger partial charge in [-0.25, -0.2) is 14.4 Å². The number of rotatable bonds is 44. The summed E-state index contributed by atoms with van der Waals surface area (Å²) in [5, 5.41) is 0. The summed E-state index contributed by atoms with van der Waals surface area (Å²) in [7, 11) is 0. The van der Waals surface area contributed by atoms with Crippen molar-refractivity contribution in [3.05, 3.63) is 108 Å². The van der Waals surface area contributed by atoms with E-state index in [4.69, 9.17) is 42.6 Å². The fourth-order valence-electron chi connectivity index (χ4n) is 7.42. The molecule has 0 aliphatic heterocycles. The average Bonchev–Trinajstić information content (AvgIpc) is 3.39. The SMILES string of the molecule is CCOC(=O)C=Cc1ccc(OCCCCCCCCOCC(COCCCCCCCCOc2ccc(C=CC(=O)OCC)cc2)OCCCCCCCCOc2ccc(C=CC(=O)OCC)cc2)cc1. The molecule has 0 radical (unpaired) electrons. The summed E-state index contributed by atoms with van der Waals surface area (Å²) in [6.45, 7) is 11.8. The number of carbonyl (C=O) groups is 3. The van der Waals surface area contributed by atoms with Crippen molar-refractivity contribution in [2.24, 2.45) is 0 Å². The van der Waals surface area contributed by atoms with Gasteiger partial charge in [0.05, 0.1) is 52.9 Å². The monoisotopic (exact) mass is 999 g/mol. The fourth-order valence-corrected chi connectivity index (χ4v) is 7.42. The lowest BCUT2D eigenvalue weighted by molar-refractivity contribution is -0.138. The van der Waals surface area contributed by atoms with Crippen molar-refractivity contribution in [1.29, 1.82) is 0 Å². The molecule has 0 saturated carbocycles. The average molecular weight is 999 g/mol. The van der Waals surface area contributed by atoms with E-state index in [1.807, 2.05) is 72.8 Å². The third kappa shape index (κ3) is 32.5. The van der Waals surface area contributed by atoms with E-state index in [2.05, 4.69) is 0 Å². The maximum atomic E-state index is 11.5. The topological polar surface area (TPSA) is 134 Å². The number of benzene rings is 3. The molecule has 0 fully saturated rings. The van der Waals surface area contributed by atoms with Gasteiger partial charge in [0.2, 0.25) is 0 Å². The Kier molecular flexibility index (Phi) is 35.6. The van der Waals surface area contributed by atoms with Gasteiger partial charge in [-0.3, -0.25) is 0 Å². The van der Waals surface area contributed by atoms with Crippen molar-refractivity contribution >= 4 is 36.1 Å². The molecular formula is C60H86O12. The van der Waals surface area contributed by atoms with E-state index in [0.717, 1.165) is 124 Å². The van der Waals surface area contributed by atoms with Crippen molar-refractivity contribution in [3.63, 3.8) is 0 Å². The molecule has 0 aromatic heterocycles. The zero-order valence-electron chi connectivity index (χ0n) is 43.9. The highest BCUT2D eigenvalue weighted by molar-refractivity contribution is 5.88. The molecule has 0 saturated heterocycles. The molecule has 0 atom stereocenters. The Labute approximate surface area is 431 Å². The molecule has 0 unspecified atom stereocenters. The van der Waals surface area contributed by atoms with E-state index in [9.17, 15) is 14.4 Å². The molecule has 0 spiro atoms. The Bertz CT molecular complexity index is 1810. The van der Waals surface area contributed by atoms with Crippen LogP contribution in [0.15, 0.2) is 91.0 Å². The summed E-state index contributed by atoms with van der Waals surface area (Å²) < 4.78 is 51.1. The van der Waals surface area contributed by atoms with Crippen LogP contribution in [0.1, 0.15) is 153 Å². The van der Waals surface area contributed by atoms with E-state index in [-0.39, 0.29) is 24.0 Å². The highest BCUT2D eigenvalue weighted by Crippen LogP contribution is 2.18. The van der Waals surface area contributed by atoms with Crippen LogP contribution in [0.2, 0.25) is 0 Å². The molecule has 0 aliphatic rings. The van der Waals surface area contributed by atoms with Crippen LogP contribution in [-0.4, -0.2) is 96.7 Å². The van der Waals surface area contributed by atoms with Crippen LogP contribution in [0, 0.1) is 0 Å². The number of hydrogen-bond acceptors (Lipinski definition) is 12. The quantitative estimate of drug-likeness (QED) is 0.0231. The molecule has 12 nitrogen and oxygen atoms in total. The maximum Gasteiger partial charge on any atom is 0.330 e. The van der Waals surface area contributed by atoms with Crippen molar-refractivity contribution in [2.75, 3.05) is 72.7 Å². The van der Waals surface area contributed by atoms with Crippen LogP contribution in [0.4, 0.5) is 0 Å². The lowest BCUT2D eigenvalue weighted by atomic mass is 10.1. The second kappa shape index (κ2) is 42.1. The van der Waals surface area contributed by atoms with Gasteiger partial charge in [0, 0.05) is 38.0 Å². The second-order valence-electron chi connectivity index (χ2n) is 17.5. The van der Waals surface area contributed by atoms with Gasteiger partial charge >= 0.3 is 17.9 Å². The van der Waals surface area contributed by atoms with E-state index in [1.54, 1.807) is 39.0 Å². The Morgan fingerprint density at radius 3 is 0.917 bits per heavy atom. The normalized spacial score (nSPS) is 11.9. The third-order valence-electron chi connectivity index (χ3n) is 11.4. The van der Waals surface area contributed by atoms with Crippen LogP contribution in [-0.2, 0) is 42.8 Å². The number of carbonyl (C=O) groups excluding carboxylic acids is 3. The van der Waals surface area contributed by atoms with Gasteiger partial charge in [-0.05, 0) is 131 Å². The van der Waals surface area contributed by atoms with Gasteiger partial charge in [0.25, 0.3) is 0 Å². The van der Waals surface area contributed by atoms with E-state index in [1.165, 1.54) is 56.8 Å². The minimum Gasteiger partial charge on any atom is -0.494 e. The van der Waals surface area contributed by atoms with Gasteiger partial charge in [-0.2, -0.15) is 0 Å². The fraction of sp³-hybridized carbons (Fsp3) is 0.550. The number of esters is 3. The molecular weight excluding hydrogens is 913 g/mol. The number of hydrogen-bond donors (Lipinski definition) is 0. The first-order chi connectivity index (χ1) is 35.4. The number of unbranched alkanes of at least 4 members (excludes halogenated alkanes) is 15. The van der Waals surface area contributed by atoms with Crippen LogP contribution < -0.4 is 14.2 Å². The summed E-state index contributed by atoms with van der Waals surface area (Å²) in [6, 6.07) is 23.2. The molecule has 0 N–H and O–H groups in total. The molecule has 0 bridgehead atoms. The molecule has 398 valence electrons. The smallest absolute Gasteiger partial charge is 0.330 e. The van der Waals surface area contributed by atoms with E-state index >= 15 is 0 Å². The van der Waals surface area contributed by atoms with Crippen LogP contribution >= 0.6 is 0 Å². The molecule has 12 heteroatoms. The predicted octanol–water partition coefficient (Wildman–Crippen LogP) is 13.4. The molecule has 3 aromatic carbocycles. The van der Waals surface area contributed by atoms with Crippen LogP contribution in [0.5, 0.6) is 17.2 Å². The van der Waals surface area contributed by atoms with Crippen molar-refractivity contribution in [1.82, 2.24) is 0 Å². The maximum absolute atomic E-state index is 11.5. The minimum atomic E-state index is -0.340. The summed E-state index contributed by atoms with van der Waals surface area (Å²) in [4.78, 5) is 34.6. The lowest BCUT2D eigenvalue weighted by Crippen LogP contribution is -2.27. The molecule has 3 aromatic rings. The first-order valence-corrected chi connectivity index (χ1v) is 26.9. The minimum absolute atomic E-state index is 0.0701. The zero-order valence-corrected chi connectivity index (χ0v) is 43.9. The summed E-state index contributed by atoms with van der Waals surface area (Å²) >= 11 is 0. The van der Waals surface area contributed by atoms with Crippen molar-refractivity contribution in [2.45, 2.75) is 142 Å². The van der Waals surface area contributed by atoms with Gasteiger partial charge in [0.1, 0.15) is 23.4 Å². The van der Waals surface area contributed by atoms with E-state index in [0.29, 0.717) is 59.5 Å². The summed E-state index contributed by atoms with van der Waals surface area (Å²) in [5.41, 5.74) is 2.78. The van der Waals surface area contributed by atoms with Crippen LogP contribution in [0.25, 0.3) is 18.2 Å². The zero-order chi connectivity index (χ0) is 51.4. The third-order valence-corrected chi connectivity index (χ3v) is 11.4. The Balaban J connectivity index is 1.23. The van der Waals surface area contributed by atoms with Gasteiger partial charge < -0.3 is 42.6 Å². The first kappa shape index (κ1) is 60.9. The number of ether oxygens (including phenoxy) is 9. The molecule has 72 heavy (non-hydrogen) atoms. The standard InChI is InChI=1S/C60H86O12/c1-4-66-58(61)40-31-51-25-34-54(35-26-51)69-45-21-15-9-7-13-19-43-64-49-57(72-48-24-18-12-11-17-23-47-71-56-38-29-53(30-39-56)33-42-60(63)68-6-3)50-65-44-20-14-8-10-16-22-46-70-55-36-27-52(28-37-55)32-41-59(62)67-5-2/h25-42,57H,4-24,43-50H2,1-3H3. The van der Waals surface area contributed by atoms with Gasteiger partial charge in [0.15, 0.2) is 0 Å². The molecule has 0 amide bonds. The highest BCUT2D eigenvalue weighted by atomic mass is 16.6. The second-order valence-corrected chi connectivity index (χ2v) is 17.5. The van der Waals surface area contributed by atoms with E-state index < -0.39 is 0 Å². The largest absolute Gasteiger partial charge is 0.494 e. The van der Waals surface area contributed by atoms with Crippen LogP contribution in [0.3, 0.4) is 0 Å². The van der Waals surface area contributed by atoms with Gasteiger partial charge in [-0.15, -0.1) is 0 Å². The molecule has 3 rings (SSSR count). The molecule has 0 heterocycles. The lowest BCUT2D eigenvalue weighted by Gasteiger charge is -2.18. The first-order valence-electron chi connectivity index (χ1n) is 26.9. The van der Waals surface area contributed by atoms with Crippen molar-refractivity contribution < 1.29 is 57.0 Å².